The topological polar surface area (TPSA) is 0 Å². The minimum absolute atomic E-state index is 1.04. The lowest BCUT2D eigenvalue weighted by Gasteiger charge is -2.01. The Morgan fingerprint density at radius 3 is 2.00 bits per heavy atom. The fourth-order valence-electron chi connectivity index (χ4n) is 2.09. The summed E-state index contributed by atoms with van der Waals surface area (Å²) in [5.41, 5.74) is 5.54. The van der Waals surface area contributed by atoms with Crippen molar-refractivity contribution in [1.29, 1.82) is 0 Å². The maximum atomic E-state index is 4.16. The monoisotopic (exact) mass is 336 g/mol. The third kappa shape index (κ3) is 16.0. The van der Waals surface area contributed by atoms with Crippen LogP contribution < -0.4 is 0 Å². The van der Waals surface area contributed by atoms with Gasteiger partial charge in [0.2, 0.25) is 0 Å². The van der Waals surface area contributed by atoms with Crippen molar-refractivity contribution in [2.24, 2.45) is 0 Å². The highest BCUT2D eigenvalue weighted by Crippen LogP contribution is 2.10. The lowest BCUT2D eigenvalue weighted by molar-refractivity contribution is 0.634. The first-order valence-corrected chi connectivity index (χ1v) is 9.95. The minimum Gasteiger partial charge on any atom is -0.179 e. The third-order valence-electron chi connectivity index (χ3n) is 3.74. The van der Waals surface area contributed by atoms with Crippen molar-refractivity contribution >= 4 is 12.6 Å². The van der Waals surface area contributed by atoms with Crippen molar-refractivity contribution in [3.05, 3.63) is 47.0 Å². The number of rotatable bonds is 8. The molecular formula is C22H40S. The first kappa shape index (κ1) is 24.6. The van der Waals surface area contributed by atoms with E-state index in [0.29, 0.717) is 0 Å². The summed E-state index contributed by atoms with van der Waals surface area (Å²) in [4.78, 5) is 0. The summed E-state index contributed by atoms with van der Waals surface area (Å²) >= 11 is 4.16. The van der Waals surface area contributed by atoms with Crippen molar-refractivity contribution in [2.45, 2.75) is 86.5 Å². The number of hydrogen-bond acceptors (Lipinski definition) is 1. The van der Waals surface area contributed by atoms with Gasteiger partial charge in [0.15, 0.2) is 0 Å². The first-order chi connectivity index (χ1) is 11.0. The van der Waals surface area contributed by atoms with Crippen LogP contribution in [0.15, 0.2) is 30.4 Å². The van der Waals surface area contributed by atoms with Crippen molar-refractivity contribution in [3.63, 3.8) is 0 Å². The van der Waals surface area contributed by atoms with Gasteiger partial charge in [-0.25, -0.2) is 0 Å². The maximum Gasteiger partial charge on any atom is -0.00979 e. The highest BCUT2D eigenvalue weighted by molar-refractivity contribution is 7.80. The van der Waals surface area contributed by atoms with Crippen LogP contribution in [0.4, 0.5) is 0 Å². The molecule has 0 atom stereocenters. The first-order valence-electron chi connectivity index (χ1n) is 9.32. The average molecular weight is 337 g/mol. The van der Waals surface area contributed by atoms with Crippen molar-refractivity contribution in [3.8, 4) is 0 Å². The molecule has 0 aliphatic rings. The number of aryl methyl sites for hydroxylation is 3. The van der Waals surface area contributed by atoms with Crippen LogP contribution in [0, 0.1) is 13.8 Å². The zero-order valence-electron chi connectivity index (χ0n) is 16.5. The van der Waals surface area contributed by atoms with E-state index < -0.39 is 0 Å². The van der Waals surface area contributed by atoms with Gasteiger partial charge in [0.1, 0.15) is 0 Å². The second kappa shape index (κ2) is 17.7. The highest BCUT2D eigenvalue weighted by Gasteiger charge is 1.92. The summed E-state index contributed by atoms with van der Waals surface area (Å²) in [6.45, 7) is 16.5. The summed E-state index contributed by atoms with van der Waals surface area (Å²) in [6, 6.07) is 6.64. The second-order valence-electron chi connectivity index (χ2n) is 5.97. The molecule has 1 heteroatoms. The van der Waals surface area contributed by atoms with Crippen LogP contribution in [0.5, 0.6) is 0 Å². The Morgan fingerprint density at radius 2 is 1.52 bits per heavy atom. The molecule has 0 spiro atoms. The Balaban J connectivity index is 0. The van der Waals surface area contributed by atoms with E-state index in [2.05, 4.69) is 65.1 Å². The summed E-state index contributed by atoms with van der Waals surface area (Å²) in [7, 11) is 0. The van der Waals surface area contributed by atoms with Crippen LogP contribution in [0.2, 0.25) is 0 Å². The van der Waals surface area contributed by atoms with Gasteiger partial charge >= 0.3 is 0 Å². The Labute approximate surface area is 152 Å². The van der Waals surface area contributed by atoms with Crippen molar-refractivity contribution in [2.75, 3.05) is 5.75 Å². The minimum atomic E-state index is 1.04. The van der Waals surface area contributed by atoms with Gasteiger partial charge in [-0.05, 0) is 68.9 Å². The molecule has 0 unspecified atom stereocenters. The number of thiol groups is 1. The number of allylic oxidation sites excluding steroid dienone is 1. The van der Waals surface area contributed by atoms with Crippen LogP contribution >= 0.6 is 12.6 Å². The summed E-state index contributed by atoms with van der Waals surface area (Å²) in [6.07, 6.45) is 9.02. The molecule has 1 aromatic carbocycles. The van der Waals surface area contributed by atoms with Gasteiger partial charge < -0.3 is 0 Å². The normalized spacial score (nSPS) is 9.35. The molecule has 0 fully saturated rings. The van der Waals surface area contributed by atoms with Crippen LogP contribution in [-0.2, 0) is 6.42 Å². The van der Waals surface area contributed by atoms with Gasteiger partial charge in [-0.3, -0.25) is 0 Å². The van der Waals surface area contributed by atoms with Gasteiger partial charge in [-0.2, -0.15) is 12.6 Å². The molecule has 23 heavy (non-hydrogen) atoms. The number of hydrogen-bond donors (Lipinski definition) is 1. The Hall–Kier alpha value is -0.690. The van der Waals surface area contributed by atoms with Gasteiger partial charge in [0.25, 0.3) is 0 Å². The summed E-state index contributed by atoms with van der Waals surface area (Å²) < 4.78 is 0. The molecule has 0 radical (unpaired) electrons. The molecule has 0 bridgehead atoms. The molecule has 1 rings (SSSR count). The van der Waals surface area contributed by atoms with Gasteiger partial charge in [-0.15, -0.1) is 6.58 Å². The van der Waals surface area contributed by atoms with E-state index in [4.69, 9.17) is 0 Å². The van der Waals surface area contributed by atoms with Crippen LogP contribution in [0.1, 0.15) is 82.9 Å². The lowest BCUT2D eigenvalue weighted by atomic mass is 10.1. The highest BCUT2D eigenvalue weighted by atomic mass is 32.1. The molecule has 0 aliphatic carbocycles. The third-order valence-corrected chi connectivity index (χ3v) is 4.06. The van der Waals surface area contributed by atoms with E-state index in [1.54, 1.807) is 0 Å². The van der Waals surface area contributed by atoms with E-state index >= 15 is 0 Å². The van der Waals surface area contributed by atoms with Crippen LogP contribution in [0.3, 0.4) is 0 Å². The Morgan fingerprint density at radius 1 is 0.957 bits per heavy atom. The van der Waals surface area contributed by atoms with E-state index in [1.165, 1.54) is 60.8 Å². The predicted octanol–water partition coefficient (Wildman–Crippen LogP) is 7.72. The standard InChI is InChI=1S/C10H20S.C10H14.C2H6/c1-10(2)8-6-4-3-5-7-9-11;1-4-10-6-5-8(2)9(3)7-10;1-2/h11H,1,3-9H2,2H3;5-7H,4H2,1-3H3;1-2H3. The molecule has 0 saturated heterocycles. The van der Waals surface area contributed by atoms with Crippen molar-refractivity contribution < 1.29 is 0 Å². The zero-order chi connectivity index (χ0) is 18.1. The second-order valence-corrected chi connectivity index (χ2v) is 6.42. The van der Waals surface area contributed by atoms with Crippen molar-refractivity contribution in [1.82, 2.24) is 0 Å². The largest absolute Gasteiger partial charge is 0.179 e. The molecule has 134 valence electrons. The molecule has 0 N–H and O–H groups in total. The molecular weight excluding hydrogens is 296 g/mol. The van der Waals surface area contributed by atoms with E-state index in [1.807, 2.05) is 13.8 Å². The quantitative estimate of drug-likeness (QED) is 0.280. The number of unbranched alkanes of at least 4 members (excludes halogenated alkanes) is 4. The van der Waals surface area contributed by atoms with Gasteiger partial charge in [-0.1, -0.05) is 63.8 Å². The fraction of sp³-hybridized carbons (Fsp3) is 0.636. The summed E-state index contributed by atoms with van der Waals surface area (Å²) in [5, 5.41) is 0. The zero-order valence-corrected chi connectivity index (χ0v) is 17.4. The van der Waals surface area contributed by atoms with Gasteiger partial charge in [0.05, 0.1) is 0 Å². The average Bonchev–Trinajstić information content (AvgIpc) is 2.55. The van der Waals surface area contributed by atoms with Crippen LogP contribution in [0.25, 0.3) is 0 Å². The SMILES string of the molecule is C=C(C)CCCCCCCS.CC.CCc1ccc(C)c(C)c1. The van der Waals surface area contributed by atoms with E-state index in [-0.39, 0.29) is 0 Å². The molecule has 0 heterocycles. The Kier molecular flexibility index (Phi) is 18.9. The smallest absolute Gasteiger partial charge is 0.00979 e. The Bertz CT molecular complexity index is 393. The number of benzene rings is 1. The molecule has 0 amide bonds. The maximum absolute atomic E-state index is 4.16. The fourth-order valence-corrected chi connectivity index (χ4v) is 2.32. The molecule has 0 nitrogen and oxygen atoms in total. The molecule has 0 aliphatic heterocycles. The van der Waals surface area contributed by atoms with Gasteiger partial charge in [0, 0.05) is 0 Å². The van der Waals surface area contributed by atoms with Crippen LogP contribution in [-0.4, -0.2) is 5.75 Å². The summed E-state index contributed by atoms with van der Waals surface area (Å²) in [5.74, 6) is 1.04. The molecule has 0 saturated carbocycles. The van der Waals surface area contributed by atoms with E-state index in [9.17, 15) is 0 Å². The molecule has 1 aromatic rings. The molecule has 0 aromatic heterocycles. The predicted molar refractivity (Wildman–Crippen MR) is 113 cm³/mol. The lowest BCUT2D eigenvalue weighted by Crippen LogP contribution is -1.84. The van der Waals surface area contributed by atoms with E-state index in [0.717, 1.165) is 12.2 Å².